The maximum absolute atomic E-state index is 12.4. The van der Waals surface area contributed by atoms with Crippen molar-refractivity contribution < 1.29 is 26.8 Å². The van der Waals surface area contributed by atoms with E-state index in [4.69, 9.17) is 14.2 Å². The molecule has 0 amide bonds. The van der Waals surface area contributed by atoms with E-state index in [-0.39, 0.29) is 44.7 Å². The number of H-pyrrole nitrogens is 1. The van der Waals surface area contributed by atoms with Gasteiger partial charge in [0.25, 0.3) is 26.8 Å². The molecule has 3 aliphatic heterocycles. The fraction of sp³-hybridized carbons (Fsp3) is 0.581. The second-order valence-electron chi connectivity index (χ2n) is 16.7. The number of aromatic nitrogens is 12. The number of nitrogens with one attached hydrogen (secondary N) is 1. The molecule has 1 N–H and O–H groups in total. The Morgan fingerprint density at radius 3 is 1.29 bits per heavy atom. The molecule has 0 saturated carbocycles. The lowest BCUT2D eigenvalue weighted by atomic mass is 9.97. The molecule has 25 heteroatoms. The molecule has 3 aliphatic rings. The Balaban J connectivity index is 0.000000153. The van der Waals surface area contributed by atoms with Gasteiger partial charge in [0, 0.05) is 111 Å². The molecule has 6 aromatic heterocycles. The van der Waals surface area contributed by atoms with E-state index < -0.39 is 21.4 Å². The van der Waals surface area contributed by atoms with Gasteiger partial charge in [0.2, 0.25) is 0 Å². The molecule has 24 nitrogen and oxygen atoms in total. The standard InChI is InChI=1S/2C14H18N4O3.C8H16O4S.C7H6N4O2/c2*1-17-12-11(15-5-6-16-12)13(19)18(14(17)20)7-2-10-3-8-21-9-4-10;1-13(9,10)12-7-4-8-2-5-11-6-3-8;1-11-5-4(8-2-3-9-5)6(12)10-7(11)13/h2*5-6,10H,2-4,7-9H2,1H3;8H,2-7H2,1H3;2-3H,1H3,(H,10,12,13). The predicted molar refractivity (Wildman–Crippen MR) is 249 cm³/mol. The summed E-state index contributed by atoms with van der Waals surface area (Å²) in [6, 6.07) is 0. The van der Waals surface area contributed by atoms with Gasteiger partial charge < -0.3 is 14.2 Å². The van der Waals surface area contributed by atoms with Gasteiger partial charge in [-0.25, -0.2) is 44.3 Å². The smallest absolute Gasteiger partial charge is 0.332 e. The van der Waals surface area contributed by atoms with Crippen LogP contribution in [0.15, 0.2) is 65.9 Å². The molecule has 0 radical (unpaired) electrons. The Labute approximate surface area is 389 Å². The molecule has 3 saturated heterocycles. The fourth-order valence-corrected chi connectivity index (χ4v) is 8.39. The lowest BCUT2D eigenvalue weighted by Crippen LogP contribution is -2.40. The third-order valence-electron chi connectivity index (χ3n) is 12.0. The van der Waals surface area contributed by atoms with Gasteiger partial charge in [-0.2, -0.15) is 8.42 Å². The molecule has 0 unspecified atom stereocenters. The van der Waals surface area contributed by atoms with Crippen LogP contribution in [0.5, 0.6) is 0 Å². The largest absolute Gasteiger partial charge is 0.381 e. The van der Waals surface area contributed by atoms with Gasteiger partial charge in [-0.3, -0.25) is 46.4 Å². The highest BCUT2D eigenvalue weighted by Gasteiger charge is 2.19. The van der Waals surface area contributed by atoms with Crippen LogP contribution < -0.4 is 33.7 Å². The number of nitrogens with zero attached hydrogens (tertiary/aromatic N) is 11. The molecule has 0 bridgehead atoms. The van der Waals surface area contributed by atoms with Crippen LogP contribution in [-0.4, -0.2) is 119 Å². The van der Waals surface area contributed by atoms with Crippen molar-refractivity contribution in [1.29, 1.82) is 0 Å². The number of hydrogen-bond donors (Lipinski definition) is 1. The van der Waals surface area contributed by atoms with E-state index in [0.717, 1.165) is 104 Å². The summed E-state index contributed by atoms with van der Waals surface area (Å²) in [6.07, 6.45) is 18.2. The van der Waals surface area contributed by atoms with Gasteiger partial charge in [0.05, 0.1) is 12.9 Å². The van der Waals surface area contributed by atoms with Gasteiger partial charge in [-0.1, -0.05) is 0 Å². The first-order chi connectivity index (χ1) is 32.6. The van der Waals surface area contributed by atoms with Crippen molar-refractivity contribution >= 4 is 43.6 Å². The Morgan fingerprint density at radius 1 is 0.544 bits per heavy atom. The van der Waals surface area contributed by atoms with Crippen LogP contribution in [-0.2, 0) is 62.7 Å². The van der Waals surface area contributed by atoms with Crippen LogP contribution in [0.4, 0.5) is 0 Å². The maximum Gasteiger partial charge on any atom is 0.332 e. The first kappa shape index (κ1) is 51.2. The van der Waals surface area contributed by atoms with Crippen molar-refractivity contribution in [2.24, 2.45) is 38.9 Å². The third kappa shape index (κ3) is 13.5. The molecule has 0 spiro atoms. The van der Waals surface area contributed by atoms with Crippen LogP contribution in [0, 0.1) is 17.8 Å². The zero-order chi connectivity index (χ0) is 48.8. The molecule has 0 atom stereocenters. The van der Waals surface area contributed by atoms with Crippen molar-refractivity contribution in [2.45, 2.75) is 70.9 Å². The number of aryl methyl sites for hydroxylation is 3. The van der Waals surface area contributed by atoms with E-state index in [2.05, 4.69) is 39.1 Å². The molecule has 68 heavy (non-hydrogen) atoms. The zero-order valence-electron chi connectivity index (χ0n) is 38.7. The van der Waals surface area contributed by atoms with Gasteiger partial charge in [0.1, 0.15) is 0 Å². The summed E-state index contributed by atoms with van der Waals surface area (Å²) in [6.45, 7) is 5.80. The van der Waals surface area contributed by atoms with Gasteiger partial charge in [0.15, 0.2) is 33.5 Å². The molecular formula is C43H58N12O12S. The quantitative estimate of drug-likeness (QED) is 0.182. The molecule has 0 aliphatic carbocycles. The van der Waals surface area contributed by atoms with Crippen molar-refractivity contribution in [3.63, 3.8) is 0 Å². The maximum atomic E-state index is 12.4. The normalized spacial score (nSPS) is 16.1. The second kappa shape index (κ2) is 24.2. The van der Waals surface area contributed by atoms with Crippen molar-refractivity contribution in [3.8, 4) is 0 Å². The third-order valence-corrected chi connectivity index (χ3v) is 12.6. The molecule has 3 fully saturated rings. The summed E-state index contributed by atoms with van der Waals surface area (Å²) in [5.74, 6) is 1.58. The van der Waals surface area contributed by atoms with Crippen molar-refractivity contribution in [2.75, 3.05) is 52.5 Å². The van der Waals surface area contributed by atoms with Crippen molar-refractivity contribution in [1.82, 2.24) is 57.7 Å². The average Bonchev–Trinajstić information content (AvgIpc) is 3.35. The van der Waals surface area contributed by atoms with Crippen LogP contribution in [0.3, 0.4) is 0 Å². The molecular weight excluding hydrogens is 909 g/mol. The van der Waals surface area contributed by atoms with E-state index in [0.29, 0.717) is 48.7 Å². The van der Waals surface area contributed by atoms with E-state index >= 15 is 0 Å². The summed E-state index contributed by atoms with van der Waals surface area (Å²) >= 11 is 0. The molecule has 6 aromatic rings. The highest BCUT2D eigenvalue weighted by molar-refractivity contribution is 7.85. The van der Waals surface area contributed by atoms with Gasteiger partial charge in [-0.15, -0.1) is 0 Å². The highest BCUT2D eigenvalue weighted by atomic mass is 32.2. The minimum atomic E-state index is -3.26. The van der Waals surface area contributed by atoms with E-state index in [1.54, 1.807) is 14.1 Å². The number of rotatable bonds is 10. The highest BCUT2D eigenvalue weighted by Crippen LogP contribution is 2.20. The van der Waals surface area contributed by atoms with Crippen molar-refractivity contribution in [3.05, 3.63) is 99.7 Å². The van der Waals surface area contributed by atoms with Crippen LogP contribution in [0.25, 0.3) is 33.5 Å². The Hall–Kier alpha value is -6.15. The SMILES string of the molecule is CS(=O)(=O)OCCC1CCOCC1.Cn1c(=O)[nH]c(=O)c2nccnc21.Cn1c(=O)n(CCC2CCOCC2)c(=O)c2nccnc21.Cn1c(=O)n(CCC2CCOCC2)c(=O)c2nccnc21. The lowest BCUT2D eigenvalue weighted by Gasteiger charge is -2.22. The van der Waals surface area contributed by atoms with Crippen LogP contribution >= 0.6 is 0 Å². The topological polar surface area (TPSA) is 291 Å². The Kier molecular flexibility index (Phi) is 18.3. The summed E-state index contributed by atoms with van der Waals surface area (Å²) in [5, 5.41) is 0. The number of fused-ring (bicyclic) bond motifs is 3. The van der Waals surface area contributed by atoms with Gasteiger partial charge in [-0.05, 0) is 75.5 Å². The number of aromatic amines is 1. The molecule has 9 heterocycles. The zero-order valence-corrected chi connectivity index (χ0v) is 39.5. The lowest BCUT2D eigenvalue weighted by molar-refractivity contribution is 0.0597. The van der Waals surface area contributed by atoms with E-state index in [1.165, 1.54) is 67.1 Å². The minimum absolute atomic E-state index is 0.171. The second-order valence-corrected chi connectivity index (χ2v) is 18.3. The average molecular weight is 967 g/mol. The summed E-state index contributed by atoms with van der Waals surface area (Å²) in [4.78, 5) is 97.8. The summed E-state index contributed by atoms with van der Waals surface area (Å²) in [5.41, 5.74) is -0.769. The summed E-state index contributed by atoms with van der Waals surface area (Å²) < 4.78 is 48.3. The fourth-order valence-electron chi connectivity index (χ4n) is 7.99. The molecule has 368 valence electrons. The molecule has 9 rings (SSSR count). The first-order valence-corrected chi connectivity index (χ1v) is 24.2. The van der Waals surface area contributed by atoms with E-state index in [1.807, 2.05) is 0 Å². The molecule has 0 aromatic carbocycles. The monoisotopic (exact) mass is 966 g/mol. The predicted octanol–water partition coefficient (Wildman–Crippen LogP) is 0.410. The first-order valence-electron chi connectivity index (χ1n) is 22.4. The summed E-state index contributed by atoms with van der Waals surface area (Å²) in [7, 11) is 1.50. The Morgan fingerprint density at radius 2 is 0.897 bits per heavy atom. The number of hydrogen-bond acceptors (Lipinski definition) is 18. The van der Waals surface area contributed by atoms with Crippen LogP contribution in [0.1, 0.15) is 57.8 Å². The Bertz CT molecular complexity index is 3000. The van der Waals surface area contributed by atoms with E-state index in [9.17, 15) is 37.2 Å². The minimum Gasteiger partial charge on any atom is -0.381 e. The number of ether oxygens (including phenoxy) is 3. The van der Waals surface area contributed by atoms with Gasteiger partial charge >= 0.3 is 17.1 Å². The van der Waals surface area contributed by atoms with Crippen LogP contribution in [0.2, 0.25) is 0 Å².